The van der Waals surface area contributed by atoms with Gasteiger partial charge in [-0.2, -0.15) is 0 Å². The van der Waals surface area contributed by atoms with Gasteiger partial charge in [-0.3, -0.25) is 9.52 Å². The van der Waals surface area contributed by atoms with Crippen LogP contribution in [0.4, 0.5) is 28.7 Å². The molecule has 0 radical (unpaired) electrons. The SMILES string of the molecule is CNSc1cccc(Nc2cc(Nc3ccc(NC(C)=O)cc3)ncn2)c1. The zero-order valence-corrected chi connectivity index (χ0v) is 15.8. The Bertz CT molecular complexity index is 916. The van der Waals surface area contributed by atoms with E-state index in [0.717, 1.165) is 22.0 Å². The zero-order chi connectivity index (χ0) is 19.1. The maximum absolute atomic E-state index is 11.1. The molecule has 1 heterocycles. The van der Waals surface area contributed by atoms with Gasteiger partial charge in [0.05, 0.1) is 0 Å². The molecule has 27 heavy (non-hydrogen) atoms. The molecule has 3 aromatic rings. The molecule has 0 bridgehead atoms. The van der Waals surface area contributed by atoms with Gasteiger partial charge in [0.1, 0.15) is 18.0 Å². The van der Waals surface area contributed by atoms with Gasteiger partial charge >= 0.3 is 0 Å². The van der Waals surface area contributed by atoms with E-state index in [1.807, 2.05) is 61.6 Å². The standard InChI is InChI=1S/C19H20N6OS/c1-13(26)23-14-6-8-15(9-7-14)24-18-11-19(22-12-21-18)25-16-4-3-5-17(10-16)27-20-2/h3-12,20H,1-2H3,(H,23,26)(H2,21,22,24,25). The monoisotopic (exact) mass is 380 g/mol. The molecular weight excluding hydrogens is 360 g/mol. The number of amides is 1. The van der Waals surface area contributed by atoms with Crippen molar-refractivity contribution in [3.63, 3.8) is 0 Å². The first-order valence-corrected chi connectivity index (χ1v) is 9.11. The normalized spacial score (nSPS) is 10.3. The Labute approximate surface area is 162 Å². The molecule has 4 N–H and O–H groups in total. The summed E-state index contributed by atoms with van der Waals surface area (Å²) >= 11 is 1.55. The van der Waals surface area contributed by atoms with Crippen molar-refractivity contribution in [2.45, 2.75) is 11.8 Å². The third-order valence-corrected chi connectivity index (χ3v) is 4.16. The quantitative estimate of drug-likeness (QED) is 0.458. The van der Waals surface area contributed by atoms with E-state index in [-0.39, 0.29) is 5.91 Å². The van der Waals surface area contributed by atoms with E-state index in [1.165, 1.54) is 13.3 Å². The van der Waals surface area contributed by atoms with Gasteiger partial charge in [-0.25, -0.2) is 9.97 Å². The lowest BCUT2D eigenvalue weighted by Crippen LogP contribution is -2.05. The lowest BCUT2D eigenvalue weighted by Gasteiger charge is -2.10. The summed E-state index contributed by atoms with van der Waals surface area (Å²) in [6.45, 7) is 1.48. The molecule has 1 aromatic heterocycles. The highest BCUT2D eigenvalue weighted by molar-refractivity contribution is 7.97. The fraction of sp³-hybridized carbons (Fsp3) is 0.105. The molecule has 1 amide bonds. The minimum atomic E-state index is -0.0978. The van der Waals surface area contributed by atoms with Crippen LogP contribution in [0.5, 0.6) is 0 Å². The third-order valence-electron chi connectivity index (χ3n) is 3.47. The number of aromatic nitrogens is 2. The van der Waals surface area contributed by atoms with Gasteiger partial charge in [0.25, 0.3) is 0 Å². The topological polar surface area (TPSA) is 91.0 Å². The number of rotatable bonds is 7. The summed E-state index contributed by atoms with van der Waals surface area (Å²) in [7, 11) is 1.88. The van der Waals surface area contributed by atoms with Crippen LogP contribution in [0.3, 0.4) is 0 Å². The predicted octanol–water partition coefficient (Wildman–Crippen LogP) is 4.15. The van der Waals surface area contributed by atoms with E-state index in [0.29, 0.717) is 11.6 Å². The number of carbonyl (C=O) groups excluding carboxylic acids is 1. The van der Waals surface area contributed by atoms with Crippen molar-refractivity contribution >= 4 is 46.6 Å². The molecule has 0 saturated heterocycles. The number of hydrogen-bond acceptors (Lipinski definition) is 7. The molecule has 0 aliphatic carbocycles. The number of benzene rings is 2. The average Bonchev–Trinajstić information content (AvgIpc) is 2.64. The smallest absolute Gasteiger partial charge is 0.221 e. The van der Waals surface area contributed by atoms with E-state index in [1.54, 1.807) is 11.9 Å². The Hall–Kier alpha value is -3.10. The highest BCUT2D eigenvalue weighted by atomic mass is 32.2. The first kappa shape index (κ1) is 18.7. The van der Waals surface area contributed by atoms with Crippen LogP contribution < -0.4 is 20.7 Å². The van der Waals surface area contributed by atoms with Gasteiger partial charge in [0.15, 0.2) is 0 Å². The fourth-order valence-corrected chi connectivity index (χ4v) is 2.95. The van der Waals surface area contributed by atoms with Gasteiger partial charge < -0.3 is 16.0 Å². The molecule has 0 atom stereocenters. The highest BCUT2D eigenvalue weighted by Gasteiger charge is 2.03. The second-order valence-corrected chi connectivity index (χ2v) is 6.71. The van der Waals surface area contributed by atoms with E-state index >= 15 is 0 Å². The minimum absolute atomic E-state index is 0.0978. The zero-order valence-electron chi connectivity index (χ0n) is 15.0. The number of hydrogen-bond donors (Lipinski definition) is 4. The molecule has 3 rings (SSSR count). The molecule has 0 fully saturated rings. The molecule has 138 valence electrons. The molecule has 0 unspecified atom stereocenters. The number of anilines is 5. The summed E-state index contributed by atoms with van der Waals surface area (Å²) in [6, 6.07) is 17.3. The molecular formula is C19H20N6OS. The van der Waals surface area contributed by atoms with E-state index in [9.17, 15) is 4.79 Å². The largest absolute Gasteiger partial charge is 0.340 e. The summed E-state index contributed by atoms with van der Waals surface area (Å²) in [5.74, 6) is 1.26. The van der Waals surface area contributed by atoms with Gasteiger partial charge in [0, 0.05) is 34.9 Å². The van der Waals surface area contributed by atoms with Crippen molar-refractivity contribution in [1.82, 2.24) is 14.7 Å². The van der Waals surface area contributed by atoms with Crippen LogP contribution in [0.2, 0.25) is 0 Å². The van der Waals surface area contributed by atoms with E-state index in [2.05, 4.69) is 30.6 Å². The van der Waals surface area contributed by atoms with Crippen molar-refractivity contribution in [3.8, 4) is 0 Å². The van der Waals surface area contributed by atoms with Crippen LogP contribution in [0, 0.1) is 0 Å². The Kier molecular flexibility index (Phi) is 6.24. The van der Waals surface area contributed by atoms with Crippen LogP contribution in [0.1, 0.15) is 6.92 Å². The van der Waals surface area contributed by atoms with Crippen molar-refractivity contribution in [2.24, 2.45) is 0 Å². The molecule has 0 aliphatic heterocycles. The first-order chi connectivity index (χ1) is 13.1. The van der Waals surface area contributed by atoms with Gasteiger partial charge in [-0.1, -0.05) is 6.07 Å². The van der Waals surface area contributed by atoms with E-state index < -0.39 is 0 Å². The molecule has 0 aliphatic rings. The van der Waals surface area contributed by atoms with Crippen LogP contribution >= 0.6 is 11.9 Å². The predicted molar refractivity (Wildman–Crippen MR) is 111 cm³/mol. The Balaban J connectivity index is 1.68. The molecule has 2 aromatic carbocycles. The molecule has 7 nitrogen and oxygen atoms in total. The van der Waals surface area contributed by atoms with Crippen LogP contribution in [0.15, 0.2) is 65.8 Å². The van der Waals surface area contributed by atoms with Crippen LogP contribution in [-0.2, 0) is 4.79 Å². The average molecular weight is 380 g/mol. The lowest BCUT2D eigenvalue weighted by atomic mass is 10.2. The number of nitrogens with zero attached hydrogens (tertiary/aromatic N) is 2. The third kappa shape index (κ3) is 5.70. The highest BCUT2D eigenvalue weighted by Crippen LogP contribution is 2.23. The second kappa shape index (κ2) is 9.02. The van der Waals surface area contributed by atoms with Crippen LogP contribution in [-0.4, -0.2) is 22.9 Å². The van der Waals surface area contributed by atoms with Gasteiger partial charge in [-0.15, -0.1) is 0 Å². The summed E-state index contributed by atoms with van der Waals surface area (Å²) in [4.78, 5) is 20.7. The first-order valence-electron chi connectivity index (χ1n) is 8.30. The maximum atomic E-state index is 11.1. The van der Waals surface area contributed by atoms with Crippen molar-refractivity contribution in [2.75, 3.05) is 23.0 Å². The summed E-state index contributed by atoms with van der Waals surface area (Å²) in [5, 5.41) is 9.24. The minimum Gasteiger partial charge on any atom is -0.340 e. The molecule has 0 spiro atoms. The number of carbonyl (C=O) groups is 1. The molecule has 0 saturated carbocycles. The summed E-state index contributed by atoms with van der Waals surface area (Å²) in [6.07, 6.45) is 1.50. The van der Waals surface area contributed by atoms with Crippen molar-refractivity contribution in [3.05, 3.63) is 60.9 Å². The maximum Gasteiger partial charge on any atom is 0.221 e. The fourth-order valence-electron chi connectivity index (χ4n) is 2.39. The Morgan fingerprint density at radius 3 is 2.22 bits per heavy atom. The molecule has 8 heteroatoms. The van der Waals surface area contributed by atoms with Crippen molar-refractivity contribution in [1.29, 1.82) is 0 Å². The second-order valence-electron chi connectivity index (χ2n) is 5.63. The van der Waals surface area contributed by atoms with Gasteiger partial charge in [0.2, 0.25) is 5.91 Å². The lowest BCUT2D eigenvalue weighted by molar-refractivity contribution is -0.114. The number of nitrogens with one attached hydrogen (secondary N) is 4. The Morgan fingerprint density at radius 1 is 0.889 bits per heavy atom. The van der Waals surface area contributed by atoms with Gasteiger partial charge in [-0.05, 0) is 61.5 Å². The van der Waals surface area contributed by atoms with Crippen molar-refractivity contribution < 1.29 is 4.79 Å². The van der Waals surface area contributed by atoms with Crippen LogP contribution in [0.25, 0.3) is 0 Å². The Morgan fingerprint density at radius 2 is 1.56 bits per heavy atom. The summed E-state index contributed by atoms with van der Waals surface area (Å²) in [5.41, 5.74) is 2.55. The van der Waals surface area contributed by atoms with E-state index in [4.69, 9.17) is 0 Å². The summed E-state index contributed by atoms with van der Waals surface area (Å²) < 4.78 is 3.06.